The maximum Gasteiger partial charge on any atom is 0.258 e. The number of benzene rings is 1. The molecule has 0 aliphatic heterocycles. The maximum atomic E-state index is 12.5. The molecule has 0 fully saturated rings. The van der Waals surface area contributed by atoms with Crippen LogP contribution in [-0.2, 0) is 4.79 Å². The minimum atomic E-state index is -0.477. The Balaban J connectivity index is 2.27. The molecule has 2 amide bonds. The Bertz CT molecular complexity index is 822. The Morgan fingerprint density at radius 2 is 1.63 bits per heavy atom. The number of methoxy groups -OCH3 is 3. The molecule has 0 aliphatic carbocycles. The minimum absolute atomic E-state index is 0.0201. The molecule has 0 aliphatic rings. The summed E-state index contributed by atoms with van der Waals surface area (Å²) in [6.45, 7) is 1.69. The SMILES string of the molecule is COc1cc(OC)nc(NC(=O)c2ccc(OC)c(NC(=O)C(C)Br)c2)n1. The maximum absolute atomic E-state index is 12.5. The molecule has 144 valence electrons. The molecule has 9 nitrogen and oxygen atoms in total. The zero-order valence-corrected chi connectivity index (χ0v) is 16.8. The van der Waals surface area contributed by atoms with Gasteiger partial charge in [-0.1, -0.05) is 15.9 Å². The summed E-state index contributed by atoms with van der Waals surface area (Å²) in [6, 6.07) is 6.12. The number of amides is 2. The zero-order chi connectivity index (χ0) is 20.0. The second-order valence-electron chi connectivity index (χ2n) is 5.25. The molecule has 0 radical (unpaired) electrons. The number of alkyl halides is 1. The van der Waals surface area contributed by atoms with Gasteiger partial charge in [-0.2, -0.15) is 9.97 Å². The largest absolute Gasteiger partial charge is 0.495 e. The number of halogens is 1. The first kappa shape index (κ1) is 20.4. The van der Waals surface area contributed by atoms with E-state index >= 15 is 0 Å². The smallest absolute Gasteiger partial charge is 0.258 e. The van der Waals surface area contributed by atoms with E-state index in [9.17, 15) is 9.59 Å². The van der Waals surface area contributed by atoms with Crippen LogP contribution >= 0.6 is 15.9 Å². The number of carbonyl (C=O) groups is 2. The summed E-state index contributed by atoms with van der Waals surface area (Å²) >= 11 is 3.19. The summed E-state index contributed by atoms with van der Waals surface area (Å²) in [5.74, 6) is 0.179. The minimum Gasteiger partial charge on any atom is -0.495 e. The first-order valence-corrected chi connectivity index (χ1v) is 8.71. The van der Waals surface area contributed by atoms with Crippen molar-refractivity contribution in [3.8, 4) is 17.5 Å². The van der Waals surface area contributed by atoms with Crippen LogP contribution in [0.25, 0.3) is 0 Å². The number of ether oxygens (including phenoxy) is 3. The van der Waals surface area contributed by atoms with Gasteiger partial charge in [0.2, 0.25) is 23.6 Å². The molecule has 1 heterocycles. The number of nitrogens with zero attached hydrogens (tertiary/aromatic N) is 2. The summed E-state index contributed by atoms with van der Waals surface area (Å²) in [5.41, 5.74) is 0.643. The van der Waals surface area contributed by atoms with Crippen molar-refractivity contribution < 1.29 is 23.8 Å². The van der Waals surface area contributed by atoms with Gasteiger partial charge in [-0.05, 0) is 25.1 Å². The third kappa shape index (κ3) is 5.30. The number of carbonyl (C=O) groups excluding carboxylic acids is 2. The molecule has 2 N–H and O–H groups in total. The Hall–Kier alpha value is -2.88. The van der Waals surface area contributed by atoms with Gasteiger partial charge in [0.15, 0.2) is 0 Å². The Morgan fingerprint density at radius 1 is 1.00 bits per heavy atom. The van der Waals surface area contributed by atoms with Crippen LogP contribution in [0.1, 0.15) is 17.3 Å². The summed E-state index contributed by atoms with van der Waals surface area (Å²) in [4.78, 5) is 32.2. The quantitative estimate of drug-likeness (QED) is 0.638. The predicted molar refractivity (Wildman–Crippen MR) is 103 cm³/mol. The summed E-state index contributed by atoms with van der Waals surface area (Å²) < 4.78 is 15.3. The topological polar surface area (TPSA) is 112 Å². The van der Waals surface area contributed by atoms with E-state index < -0.39 is 10.7 Å². The fraction of sp³-hybridized carbons (Fsp3) is 0.294. The number of aromatic nitrogens is 2. The van der Waals surface area contributed by atoms with Crippen LogP contribution in [0.4, 0.5) is 11.6 Å². The van der Waals surface area contributed by atoms with Gasteiger partial charge in [0.05, 0.1) is 37.9 Å². The predicted octanol–water partition coefficient (Wildman–Crippen LogP) is 2.48. The van der Waals surface area contributed by atoms with Gasteiger partial charge in [-0.25, -0.2) is 0 Å². The van der Waals surface area contributed by atoms with E-state index in [0.717, 1.165) is 0 Å². The van der Waals surface area contributed by atoms with Gasteiger partial charge in [0.1, 0.15) is 5.75 Å². The van der Waals surface area contributed by atoms with E-state index in [2.05, 4.69) is 36.5 Å². The van der Waals surface area contributed by atoms with Crippen molar-refractivity contribution in [2.45, 2.75) is 11.8 Å². The lowest BCUT2D eigenvalue weighted by Gasteiger charge is -2.13. The highest BCUT2D eigenvalue weighted by Crippen LogP contribution is 2.26. The molecular weight excluding hydrogens is 420 g/mol. The number of nitrogens with one attached hydrogen (secondary N) is 2. The molecule has 0 saturated heterocycles. The van der Waals surface area contributed by atoms with Gasteiger partial charge >= 0.3 is 0 Å². The Morgan fingerprint density at radius 3 is 2.15 bits per heavy atom. The highest BCUT2D eigenvalue weighted by atomic mass is 79.9. The Kier molecular flexibility index (Phi) is 6.94. The van der Waals surface area contributed by atoms with Crippen LogP contribution in [0, 0.1) is 0 Å². The van der Waals surface area contributed by atoms with Gasteiger partial charge < -0.3 is 19.5 Å². The van der Waals surface area contributed by atoms with Gasteiger partial charge in [0, 0.05) is 5.56 Å². The van der Waals surface area contributed by atoms with E-state index in [4.69, 9.17) is 14.2 Å². The van der Waals surface area contributed by atoms with Crippen molar-refractivity contribution in [1.82, 2.24) is 9.97 Å². The molecular formula is C17H19BrN4O5. The fourth-order valence-electron chi connectivity index (χ4n) is 2.02. The summed E-state index contributed by atoms with van der Waals surface area (Å²) in [6.07, 6.45) is 0. The van der Waals surface area contributed by atoms with Crippen LogP contribution in [-0.4, -0.2) is 47.9 Å². The van der Waals surface area contributed by atoms with E-state index in [-0.39, 0.29) is 29.2 Å². The number of rotatable bonds is 7. The third-order valence-corrected chi connectivity index (χ3v) is 3.82. The Labute approximate surface area is 164 Å². The van der Waals surface area contributed by atoms with Gasteiger partial charge in [0.25, 0.3) is 5.91 Å². The second kappa shape index (κ2) is 9.17. The van der Waals surface area contributed by atoms with Crippen LogP contribution in [0.15, 0.2) is 24.3 Å². The summed E-state index contributed by atoms with van der Waals surface area (Å²) in [5, 5.41) is 5.26. The van der Waals surface area contributed by atoms with E-state index in [0.29, 0.717) is 11.4 Å². The van der Waals surface area contributed by atoms with Gasteiger partial charge in [-0.3, -0.25) is 14.9 Å². The molecule has 0 bridgehead atoms. The lowest BCUT2D eigenvalue weighted by Crippen LogP contribution is -2.21. The standard InChI is InChI=1S/C17H19BrN4O5/c1-9(18)15(23)19-11-7-10(5-6-12(11)25-2)16(24)22-17-20-13(26-3)8-14(21-17)27-4/h5-9H,1-4H3,(H,19,23)(H,20,21,22,24). The molecule has 27 heavy (non-hydrogen) atoms. The van der Waals surface area contributed by atoms with E-state index in [1.165, 1.54) is 33.5 Å². The van der Waals surface area contributed by atoms with Crippen molar-refractivity contribution in [2.75, 3.05) is 32.0 Å². The highest BCUT2D eigenvalue weighted by molar-refractivity contribution is 9.10. The second-order valence-corrected chi connectivity index (χ2v) is 6.62. The third-order valence-electron chi connectivity index (χ3n) is 3.40. The van der Waals surface area contributed by atoms with Crippen LogP contribution < -0.4 is 24.8 Å². The van der Waals surface area contributed by atoms with Crippen molar-refractivity contribution in [1.29, 1.82) is 0 Å². The van der Waals surface area contributed by atoms with Crippen LogP contribution in [0.3, 0.4) is 0 Å². The molecule has 10 heteroatoms. The summed E-state index contributed by atoms with van der Waals surface area (Å²) in [7, 11) is 4.35. The molecule has 1 aromatic carbocycles. The van der Waals surface area contributed by atoms with Crippen molar-refractivity contribution >= 4 is 39.4 Å². The molecule has 1 atom stereocenters. The average Bonchev–Trinajstić information content (AvgIpc) is 2.67. The van der Waals surface area contributed by atoms with E-state index in [1.54, 1.807) is 19.1 Å². The number of hydrogen-bond donors (Lipinski definition) is 2. The monoisotopic (exact) mass is 438 g/mol. The first-order chi connectivity index (χ1) is 12.9. The van der Waals surface area contributed by atoms with Crippen LogP contribution in [0.2, 0.25) is 0 Å². The van der Waals surface area contributed by atoms with Crippen molar-refractivity contribution in [3.63, 3.8) is 0 Å². The average molecular weight is 439 g/mol. The first-order valence-electron chi connectivity index (χ1n) is 7.79. The normalized spacial score (nSPS) is 11.3. The van der Waals surface area contributed by atoms with E-state index in [1.807, 2.05) is 0 Å². The molecule has 0 saturated carbocycles. The van der Waals surface area contributed by atoms with Gasteiger partial charge in [-0.15, -0.1) is 0 Å². The lowest BCUT2D eigenvalue weighted by atomic mass is 10.1. The van der Waals surface area contributed by atoms with Crippen LogP contribution in [0.5, 0.6) is 17.5 Å². The van der Waals surface area contributed by atoms with Crippen molar-refractivity contribution in [3.05, 3.63) is 29.8 Å². The number of hydrogen-bond acceptors (Lipinski definition) is 7. The molecule has 2 rings (SSSR count). The highest BCUT2D eigenvalue weighted by Gasteiger charge is 2.16. The zero-order valence-electron chi connectivity index (χ0n) is 15.2. The molecule has 1 aromatic heterocycles. The molecule has 1 unspecified atom stereocenters. The fourth-order valence-corrected chi connectivity index (χ4v) is 2.14. The van der Waals surface area contributed by atoms with Crippen molar-refractivity contribution in [2.24, 2.45) is 0 Å². The lowest BCUT2D eigenvalue weighted by molar-refractivity contribution is -0.115. The number of anilines is 2. The molecule has 0 spiro atoms. The molecule has 2 aromatic rings.